The molecular weight excluding hydrogens is 192 g/mol. The van der Waals surface area contributed by atoms with Gasteiger partial charge in [-0.05, 0) is 17.2 Å². The Morgan fingerprint density at radius 1 is 1.53 bits per heavy atom. The second-order valence-corrected chi connectivity index (χ2v) is 3.66. The van der Waals surface area contributed by atoms with Gasteiger partial charge >= 0.3 is 0 Å². The molecule has 1 unspecified atom stereocenters. The van der Waals surface area contributed by atoms with Crippen LogP contribution in [0.25, 0.3) is 0 Å². The molecular formula is C10H14N4O. The van der Waals surface area contributed by atoms with Crippen LogP contribution in [-0.2, 0) is 11.2 Å². The van der Waals surface area contributed by atoms with Crippen molar-refractivity contribution in [1.82, 2.24) is 5.43 Å². The van der Waals surface area contributed by atoms with Gasteiger partial charge in [-0.25, -0.2) is 5.43 Å². The van der Waals surface area contributed by atoms with Gasteiger partial charge < -0.3 is 10.6 Å². The molecule has 0 aliphatic carbocycles. The Bertz CT molecular complexity index is 404. The second-order valence-electron chi connectivity index (χ2n) is 3.66. The second kappa shape index (κ2) is 3.62. The lowest BCUT2D eigenvalue weighted by atomic mass is 10.1. The number of likely N-dealkylation sites (N-methyl/N-ethyl adjacent to an activating group) is 1. The minimum Gasteiger partial charge on any atom is -0.315 e. The predicted octanol–water partition coefficient (Wildman–Crippen LogP) is -0.374. The highest BCUT2D eigenvalue weighted by Gasteiger charge is 2.24. The monoisotopic (exact) mass is 206 g/mol. The summed E-state index contributed by atoms with van der Waals surface area (Å²) >= 11 is 0. The molecule has 15 heavy (non-hydrogen) atoms. The summed E-state index contributed by atoms with van der Waals surface area (Å²) in [7, 11) is 1.77. The molecule has 0 saturated heterocycles. The SMILES string of the molecule is CN1C(=O)Cc2cc(C(N)NN)ccc21. The number of anilines is 1. The van der Waals surface area contributed by atoms with E-state index in [1.165, 1.54) is 0 Å². The van der Waals surface area contributed by atoms with Crippen LogP contribution in [0.2, 0.25) is 0 Å². The molecule has 0 radical (unpaired) electrons. The average Bonchev–Trinajstić information content (AvgIpc) is 2.53. The van der Waals surface area contributed by atoms with Crippen LogP contribution in [0.15, 0.2) is 18.2 Å². The predicted molar refractivity (Wildman–Crippen MR) is 57.8 cm³/mol. The van der Waals surface area contributed by atoms with E-state index in [9.17, 15) is 4.79 Å². The highest BCUT2D eigenvalue weighted by molar-refractivity contribution is 6.00. The van der Waals surface area contributed by atoms with E-state index in [0.29, 0.717) is 6.42 Å². The van der Waals surface area contributed by atoms with Crippen LogP contribution in [0, 0.1) is 0 Å². The van der Waals surface area contributed by atoms with Crippen LogP contribution in [0.3, 0.4) is 0 Å². The normalized spacial score (nSPS) is 16.7. The van der Waals surface area contributed by atoms with Crippen molar-refractivity contribution in [1.29, 1.82) is 0 Å². The van der Waals surface area contributed by atoms with E-state index in [-0.39, 0.29) is 5.91 Å². The summed E-state index contributed by atoms with van der Waals surface area (Å²) in [6.07, 6.45) is 0.0491. The van der Waals surface area contributed by atoms with Crippen molar-refractivity contribution in [2.24, 2.45) is 11.6 Å². The first-order chi connectivity index (χ1) is 7.13. The van der Waals surface area contributed by atoms with Gasteiger partial charge in [-0.2, -0.15) is 0 Å². The molecule has 5 N–H and O–H groups in total. The van der Waals surface area contributed by atoms with Crippen LogP contribution < -0.4 is 21.9 Å². The molecule has 1 aromatic carbocycles. The fourth-order valence-electron chi connectivity index (χ4n) is 1.78. The van der Waals surface area contributed by atoms with Gasteiger partial charge in [0, 0.05) is 12.7 Å². The number of carbonyl (C=O) groups excluding carboxylic acids is 1. The number of hydrogen-bond acceptors (Lipinski definition) is 4. The van der Waals surface area contributed by atoms with Gasteiger partial charge in [0.25, 0.3) is 0 Å². The molecule has 0 bridgehead atoms. The van der Waals surface area contributed by atoms with E-state index in [4.69, 9.17) is 11.6 Å². The Labute approximate surface area is 88.0 Å². The van der Waals surface area contributed by atoms with Crippen molar-refractivity contribution >= 4 is 11.6 Å². The molecule has 80 valence electrons. The zero-order valence-corrected chi connectivity index (χ0v) is 8.53. The van der Waals surface area contributed by atoms with E-state index in [1.807, 2.05) is 18.2 Å². The molecule has 2 rings (SSSR count). The topological polar surface area (TPSA) is 84.4 Å². The van der Waals surface area contributed by atoms with Gasteiger partial charge in [0.2, 0.25) is 5.91 Å². The van der Waals surface area contributed by atoms with Crippen LogP contribution in [0.5, 0.6) is 0 Å². The van der Waals surface area contributed by atoms with Crippen molar-refractivity contribution in [2.45, 2.75) is 12.6 Å². The molecule has 1 aromatic rings. The number of benzene rings is 1. The largest absolute Gasteiger partial charge is 0.315 e. The number of hydrazine groups is 1. The number of nitrogens with one attached hydrogen (secondary N) is 1. The van der Waals surface area contributed by atoms with Gasteiger partial charge in [0.05, 0.1) is 12.6 Å². The summed E-state index contributed by atoms with van der Waals surface area (Å²) < 4.78 is 0. The van der Waals surface area contributed by atoms with Crippen molar-refractivity contribution < 1.29 is 4.79 Å². The molecule has 5 nitrogen and oxygen atoms in total. The highest BCUT2D eigenvalue weighted by Crippen LogP contribution is 2.29. The third-order valence-electron chi connectivity index (χ3n) is 2.72. The van der Waals surface area contributed by atoms with Crippen LogP contribution in [0.4, 0.5) is 5.69 Å². The first-order valence-corrected chi connectivity index (χ1v) is 4.74. The van der Waals surface area contributed by atoms with Crippen LogP contribution >= 0.6 is 0 Å². The number of carbonyl (C=O) groups is 1. The number of nitrogens with zero attached hydrogens (tertiary/aromatic N) is 1. The lowest BCUT2D eigenvalue weighted by Crippen LogP contribution is -2.34. The molecule has 0 fully saturated rings. The molecule has 1 atom stereocenters. The molecule has 1 heterocycles. The lowest BCUT2D eigenvalue weighted by Gasteiger charge is -2.13. The Morgan fingerprint density at radius 2 is 2.27 bits per heavy atom. The van der Waals surface area contributed by atoms with E-state index < -0.39 is 6.17 Å². The van der Waals surface area contributed by atoms with Gasteiger partial charge in [-0.1, -0.05) is 12.1 Å². The van der Waals surface area contributed by atoms with Gasteiger partial charge in [0.15, 0.2) is 0 Å². The first kappa shape index (κ1) is 10.1. The number of rotatable bonds is 2. The fourth-order valence-corrected chi connectivity index (χ4v) is 1.78. The van der Waals surface area contributed by atoms with Crippen molar-refractivity contribution in [3.8, 4) is 0 Å². The highest BCUT2D eigenvalue weighted by atomic mass is 16.2. The average molecular weight is 206 g/mol. The molecule has 0 aromatic heterocycles. The Morgan fingerprint density at radius 3 is 2.93 bits per heavy atom. The van der Waals surface area contributed by atoms with E-state index in [2.05, 4.69) is 5.43 Å². The maximum Gasteiger partial charge on any atom is 0.231 e. The quantitative estimate of drug-likeness (QED) is 0.350. The van der Waals surface area contributed by atoms with Gasteiger partial charge in [0.1, 0.15) is 0 Å². The van der Waals surface area contributed by atoms with E-state index in [0.717, 1.165) is 16.8 Å². The van der Waals surface area contributed by atoms with Crippen molar-refractivity contribution in [3.05, 3.63) is 29.3 Å². The minimum absolute atomic E-state index is 0.108. The van der Waals surface area contributed by atoms with E-state index in [1.54, 1.807) is 11.9 Å². The van der Waals surface area contributed by atoms with Crippen molar-refractivity contribution in [2.75, 3.05) is 11.9 Å². The zero-order chi connectivity index (χ0) is 11.0. The minimum atomic E-state index is -0.392. The maximum absolute atomic E-state index is 11.4. The number of hydrogen-bond donors (Lipinski definition) is 3. The Hall–Kier alpha value is -1.43. The summed E-state index contributed by atoms with van der Waals surface area (Å²) in [5, 5.41) is 0. The summed E-state index contributed by atoms with van der Waals surface area (Å²) in [5.74, 6) is 5.36. The fraction of sp³-hybridized carbons (Fsp3) is 0.300. The number of nitrogens with two attached hydrogens (primary N) is 2. The molecule has 0 spiro atoms. The third kappa shape index (κ3) is 1.61. The molecule has 1 amide bonds. The Balaban J connectivity index is 2.37. The maximum atomic E-state index is 11.4. The Kier molecular flexibility index (Phi) is 2.44. The van der Waals surface area contributed by atoms with Crippen LogP contribution in [0.1, 0.15) is 17.3 Å². The lowest BCUT2D eigenvalue weighted by molar-refractivity contribution is -0.117. The number of amides is 1. The van der Waals surface area contributed by atoms with Gasteiger partial charge in [-0.3, -0.25) is 10.6 Å². The molecule has 0 saturated carbocycles. The molecule has 1 aliphatic heterocycles. The summed E-state index contributed by atoms with van der Waals surface area (Å²) in [4.78, 5) is 13.1. The number of fused-ring (bicyclic) bond motifs is 1. The third-order valence-corrected chi connectivity index (χ3v) is 2.72. The van der Waals surface area contributed by atoms with Gasteiger partial charge in [-0.15, -0.1) is 0 Å². The summed E-state index contributed by atoms with van der Waals surface area (Å²) in [6, 6.07) is 5.69. The zero-order valence-electron chi connectivity index (χ0n) is 8.53. The van der Waals surface area contributed by atoms with Crippen LogP contribution in [-0.4, -0.2) is 13.0 Å². The van der Waals surface area contributed by atoms with E-state index >= 15 is 0 Å². The standard InChI is InChI=1S/C10H14N4O/c1-14-8-3-2-6(10(11)13-12)4-7(8)5-9(14)15/h2-4,10,13H,5,11-12H2,1H3. The van der Waals surface area contributed by atoms with Crippen molar-refractivity contribution in [3.63, 3.8) is 0 Å². The summed E-state index contributed by atoms with van der Waals surface area (Å²) in [5.41, 5.74) is 11.0. The smallest absolute Gasteiger partial charge is 0.231 e. The summed E-state index contributed by atoms with van der Waals surface area (Å²) in [6.45, 7) is 0. The first-order valence-electron chi connectivity index (χ1n) is 4.74. The molecule has 1 aliphatic rings. The molecule has 5 heteroatoms.